The number of piperazine rings is 1. The van der Waals surface area contributed by atoms with E-state index in [1.165, 1.54) is 16.0 Å². The van der Waals surface area contributed by atoms with Gasteiger partial charge in [-0.15, -0.1) is 24.2 Å². The number of benzene rings is 1. The molecular formula is C16H25ClN2OS. The van der Waals surface area contributed by atoms with Gasteiger partial charge in [-0.25, -0.2) is 0 Å². The van der Waals surface area contributed by atoms with E-state index in [1.54, 1.807) is 11.8 Å². The standard InChI is InChI=1S/C16H24N2OS.ClH/c1-11-5-6-12(2)15(9-11)20-10-16(19)18-8-7-17-13(3)14(18)4;/h5-6,9,13-14,17H,7-8,10H2,1-4H3;1H. The van der Waals surface area contributed by atoms with Gasteiger partial charge in [-0.05, 0) is 39.3 Å². The number of aryl methyl sites for hydroxylation is 2. The Hall–Kier alpha value is -0.710. The summed E-state index contributed by atoms with van der Waals surface area (Å²) in [7, 11) is 0. The summed E-state index contributed by atoms with van der Waals surface area (Å²) in [5, 5.41) is 3.41. The van der Waals surface area contributed by atoms with Crippen molar-refractivity contribution in [2.75, 3.05) is 18.8 Å². The molecule has 1 aliphatic rings. The van der Waals surface area contributed by atoms with Gasteiger partial charge in [-0.2, -0.15) is 0 Å². The summed E-state index contributed by atoms with van der Waals surface area (Å²) in [5.41, 5.74) is 2.49. The number of hydrogen-bond donors (Lipinski definition) is 1. The molecule has 0 bridgehead atoms. The number of thioether (sulfide) groups is 1. The van der Waals surface area contributed by atoms with Gasteiger partial charge in [0, 0.05) is 30.1 Å². The minimum absolute atomic E-state index is 0. The minimum atomic E-state index is 0. The van der Waals surface area contributed by atoms with Gasteiger partial charge >= 0.3 is 0 Å². The van der Waals surface area contributed by atoms with Crippen molar-refractivity contribution < 1.29 is 4.79 Å². The van der Waals surface area contributed by atoms with Gasteiger partial charge in [0.2, 0.25) is 5.91 Å². The molecule has 0 aromatic heterocycles. The first kappa shape index (κ1) is 18.3. The molecule has 0 aliphatic carbocycles. The van der Waals surface area contributed by atoms with E-state index in [4.69, 9.17) is 0 Å². The molecule has 3 nitrogen and oxygen atoms in total. The van der Waals surface area contributed by atoms with Crippen molar-refractivity contribution in [2.24, 2.45) is 0 Å². The summed E-state index contributed by atoms with van der Waals surface area (Å²) in [6.07, 6.45) is 0. The van der Waals surface area contributed by atoms with Crippen LogP contribution in [0.2, 0.25) is 0 Å². The molecule has 1 N–H and O–H groups in total. The SMILES string of the molecule is Cc1ccc(C)c(SCC(=O)N2CCNC(C)C2C)c1.Cl. The van der Waals surface area contributed by atoms with E-state index in [-0.39, 0.29) is 24.4 Å². The van der Waals surface area contributed by atoms with Crippen molar-refractivity contribution in [1.29, 1.82) is 0 Å². The first-order valence-electron chi connectivity index (χ1n) is 7.22. The molecule has 118 valence electrons. The van der Waals surface area contributed by atoms with Crippen LogP contribution in [0.3, 0.4) is 0 Å². The van der Waals surface area contributed by atoms with Crippen molar-refractivity contribution in [1.82, 2.24) is 10.2 Å². The fraction of sp³-hybridized carbons (Fsp3) is 0.562. The Balaban J connectivity index is 0.00000220. The second kappa shape index (κ2) is 8.06. The molecule has 2 unspecified atom stereocenters. The Morgan fingerprint density at radius 3 is 2.81 bits per heavy atom. The molecule has 1 saturated heterocycles. The van der Waals surface area contributed by atoms with Crippen LogP contribution >= 0.6 is 24.2 Å². The second-order valence-corrected chi connectivity index (χ2v) is 6.65. The van der Waals surface area contributed by atoms with Gasteiger partial charge in [0.25, 0.3) is 0 Å². The topological polar surface area (TPSA) is 32.3 Å². The van der Waals surface area contributed by atoms with Gasteiger partial charge in [-0.3, -0.25) is 4.79 Å². The van der Waals surface area contributed by atoms with Crippen LogP contribution < -0.4 is 5.32 Å². The predicted molar refractivity (Wildman–Crippen MR) is 92.5 cm³/mol. The van der Waals surface area contributed by atoms with E-state index in [0.29, 0.717) is 11.8 Å². The molecule has 0 spiro atoms. The highest BCUT2D eigenvalue weighted by molar-refractivity contribution is 8.00. The number of nitrogens with one attached hydrogen (secondary N) is 1. The van der Waals surface area contributed by atoms with Crippen LogP contribution in [0.25, 0.3) is 0 Å². The van der Waals surface area contributed by atoms with Crippen LogP contribution in [0.15, 0.2) is 23.1 Å². The Morgan fingerprint density at radius 1 is 1.38 bits per heavy atom. The fourth-order valence-electron chi connectivity index (χ4n) is 2.49. The lowest BCUT2D eigenvalue weighted by atomic mass is 10.1. The van der Waals surface area contributed by atoms with Crippen molar-refractivity contribution in [2.45, 2.75) is 44.7 Å². The third kappa shape index (κ3) is 4.63. The van der Waals surface area contributed by atoms with Crippen molar-refractivity contribution in [3.05, 3.63) is 29.3 Å². The van der Waals surface area contributed by atoms with Crippen LogP contribution in [0.4, 0.5) is 0 Å². The Kier molecular flexibility index (Phi) is 7.04. The number of carbonyl (C=O) groups excluding carboxylic acids is 1. The van der Waals surface area contributed by atoms with Crippen LogP contribution in [0.1, 0.15) is 25.0 Å². The van der Waals surface area contributed by atoms with Crippen molar-refractivity contribution in [3.63, 3.8) is 0 Å². The molecule has 2 atom stereocenters. The summed E-state index contributed by atoms with van der Waals surface area (Å²) in [6, 6.07) is 7.05. The predicted octanol–water partition coefficient (Wildman–Crippen LogP) is 3.03. The Labute approximate surface area is 138 Å². The molecule has 0 saturated carbocycles. The van der Waals surface area contributed by atoms with Gasteiger partial charge < -0.3 is 10.2 Å². The molecule has 1 heterocycles. The number of amides is 1. The van der Waals surface area contributed by atoms with Gasteiger partial charge in [-0.1, -0.05) is 17.7 Å². The highest BCUT2D eigenvalue weighted by atomic mass is 35.5. The van der Waals surface area contributed by atoms with Gasteiger partial charge in [0.15, 0.2) is 0 Å². The number of carbonyl (C=O) groups is 1. The minimum Gasteiger partial charge on any atom is -0.336 e. The number of halogens is 1. The molecular weight excluding hydrogens is 304 g/mol. The smallest absolute Gasteiger partial charge is 0.233 e. The summed E-state index contributed by atoms with van der Waals surface area (Å²) in [4.78, 5) is 15.6. The monoisotopic (exact) mass is 328 g/mol. The zero-order valence-electron chi connectivity index (χ0n) is 13.2. The maximum absolute atomic E-state index is 12.4. The lowest BCUT2D eigenvalue weighted by Gasteiger charge is -2.38. The third-order valence-corrected chi connectivity index (χ3v) is 5.19. The molecule has 1 fully saturated rings. The number of nitrogens with zero attached hydrogens (tertiary/aromatic N) is 1. The van der Waals surface area contributed by atoms with E-state index in [1.807, 2.05) is 4.90 Å². The second-order valence-electron chi connectivity index (χ2n) is 5.63. The Bertz CT molecular complexity index is 495. The molecule has 21 heavy (non-hydrogen) atoms. The summed E-state index contributed by atoms with van der Waals surface area (Å²) < 4.78 is 0. The van der Waals surface area contributed by atoms with E-state index in [9.17, 15) is 4.79 Å². The molecule has 1 aromatic rings. The van der Waals surface area contributed by atoms with Crippen LogP contribution in [0, 0.1) is 13.8 Å². The van der Waals surface area contributed by atoms with Crippen molar-refractivity contribution >= 4 is 30.1 Å². The maximum atomic E-state index is 12.4. The molecule has 2 rings (SSSR count). The number of rotatable bonds is 3. The van der Waals surface area contributed by atoms with E-state index >= 15 is 0 Å². The largest absolute Gasteiger partial charge is 0.336 e. The molecule has 1 aliphatic heterocycles. The zero-order chi connectivity index (χ0) is 14.7. The fourth-order valence-corrected chi connectivity index (χ4v) is 3.50. The highest BCUT2D eigenvalue weighted by Gasteiger charge is 2.27. The number of hydrogen-bond acceptors (Lipinski definition) is 3. The van der Waals surface area contributed by atoms with Gasteiger partial charge in [0.1, 0.15) is 0 Å². The first-order valence-corrected chi connectivity index (χ1v) is 8.20. The normalized spacial score (nSPS) is 21.8. The molecule has 1 amide bonds. The van der Waals surface area contributed by atoms with Crippen LogP contribution in [-0.4, -0.2) is 41.7 Å². The lowest BCUT2D eigenvalue weighted by Crippen LogP contribution is -2.57. The van der Waals surface area contributed by atoms with Crippen molar-refractivity contribution in [3.8, 4) is 0 Å². The van der Waals surface area contributed by atoms with E-state index in [0.717, 1.165) is 13.1 Å². The lowest BCUT2D eigenvalue weighted by molar-refractivity contribution is -0.131. The zero-order valence-corrected chi connectivity index (χ0v) is 14.8. The first-order chi connectivity index (χ1) is 9.49. The summed E-state index contributed by atoms with van der Waals surface area (Å²) in [5.74, 6) is 0.776. The Morgan fingerprint density at radius 2 is 2.10 bits per heavy atom. The maximum Gasteiger partial charge on any atom is 0.233 e. The average Bonchev–Trinajstić information content (AvgIpc) is 2.42. The van der Waals surface area contributed by atoms with E-state index in [2.05, 4.69) is 51.2 Å². The van der Waals surface area contributed by atoms with Crippen LogP contribution in [0.5, 0.6) is 0 Å². The average molecular weight is 329 g/mol. The summed E-state index contributed by atoms with van der Waals surface area (Å²) in [6.45, 7) is 10.2. The van der Waals surface area contributed by atoms with E-state index < -0.39 is 0 Å². The highest BCUT2D eigenvalue weighted by Crippen LogP contribution is 2.24. The van der Waals surface area contributed by atoms with Crippen LogP contribution in [-0.2, 0) is 4.79 Å². The molecule has 5 heteroatoms. The van der Waals surface area contributed by atoms with Gasteiger partial charge in [0.05, 0.1) is 5.75 Å². The third-order valence-electron chi connectivity index (χ3n) is 4.05. The summed E-state index contributed by atoms with van der Waals surface area (Å²) >= 11 is 1.65. The quantitative estimate of drug-likeness (QED) is 0.866. The molecule has 1 aromatic carbocycles. The molecule has 0 radical (unpaired) electrons.